The Morgan fingerprint density at radius 2 is 2.09 bits per heavy atom. The summed E-state index contributed by atoms with van der Waals surface area (Å²) in [7, 11) is 1.79. The van der Waals surface area contributed by atoms with E-state index >= 15 is 0 Å². The number of likely N-dealkylation sites (N-methyl/N-ethyl adjacent to an activating group) is 1. The van der Waals surface area contributed by atoms with Gasteiger partial charge in [0.15, 0.2) is 17.3 Å². The van der Waals surface area contributed by atoms with Crippen LogP contribution in [0.1, 0.15) is 35.6 Å². The van der Waals surface area contributed by atoms with Gasteiger partial charge < -0.3 is 14.1 Å². The lowest BCUT2D eigenvalue weighted by molar-refractivity contribution is -0.000275. The van der Waals surface area contributed by atoms with Gasteiger partial charge in [0.25, 0.3) is 5.91 Å². The van der Waals surface area contributed by atoms with Crippen molar-refractivity contribution in [2.75, 3.05) is 20.2 Å². The van der Waals surface area contributed by atoms with Crippen molar-refractivity contribution in [1.29, 1.82) is 0 Å². The van der Waals surface area contributed by atoms with Gasteiger partial charge in [-0.25, -0.2) is 4.98 Å². The Kier molecular flexibility index (Phi) is 4.76. The zero-order chi connectivity index (χ0) is 16.2. The topological polar surface area (TPSA) is 55.6 Å². The van der Waals surface area contributed by atoms with Crippen LogP contribution in [0, 0.1) is 6.92 Å². The second-order valence-electron chi connectivity index (χ2n) is 5.95. The molecule has 2 aromatic rings. The van der Waals surface area contributed by atoms with Gasteiger partial charge in [-0.05, 0) is 19.3 Å². The van der Waals surface area contributed by atoms with Gasteiger partial charge in [0, 0.05) is 32.7 Å². The molecule has 1 aromatic heterocycles. The van der Waals surface area contributed by atoms with Crippen molar-refractivity contribution in [3.63, 3.8) is 0 Å². The molecule has 0 unspecified atom stereocenters. The van der Waals surface area contributed by atoms with Crippen molar-refractivity contribution in [2.24, 2.45) is 0 Å². The molecule has 1 saturated heterocycles. The molecule has 0 radical (unpaired) electrons. The number of carbonyl (C=O) groups excluding carboxylic acids is 1. The molecule has 1 aliphatic heterocycles. The molecule has 0 spiro atoms. The Morgan fingerprint density at radius 3 is 2.78 bits per heavy atom. The number of oxazole rings is 1. The van der Waals surface area contributed by atoms with Gasteiger partial charge in [-0.2, -0.15) is 0 Å². The van der Waals surface area contributed by atoms with Crippen LogP contribution >= 0.6 is 0 Å². The average Bonchev–Trinajstić information content (AvgIpc) is 2.97. The van der Waals surface area contributed by atoms with Crippen molar-refractivity contribution in [1.82, 2.24) is 9.88 Å². The maximum absolute atomic E-state index is 12.8. The van der Waals surface area contributed by atoms with Crippen LogP contribution in [0.15, 0.2) is 34.7 Å². The molecule has 1 aromatic carbocycles. The van der Waals surface area contributed by atoms with Gasteiger partial charge in [0.2, 0.25) is 0 Å². The first kappa shape index (κ1) is 15.7. The normalized spacial score (nSPS) is 17.9. The van der Waals surface area contributed by atoms with E-state index in [2.05, 4.69) is 4.98 Å². The van der Waals surface area contributed by atoms with Gasteiger partial charge >= 0.3 is 0 Å². The lowest BCUT2D eigenvalue weighted by atomic mass is 10.1. The largest absolute Gasteiger partial charge is 0.440 e. The van der Waals surface area contributed by atoms with Crippen molar-refractivity contribution in [3.05, 3.63) is 41.9 Å². The summed E-state index contributed by atoms with van der Waals surface area (Å²) in [5.74, 6) is 0.897. The molecule has 2 heterocycles. The number of aromatic nitrogens is 1. The standard InChI is InChI=1S/C18H22N2O3/c1-13-19-16(17(23-13)14-8-4-3-5-9-14)18(21)20(2)12-15-10-6-7-11-22-15/h3-5,8-9,15H,6-7,10-12H2,1-2H3/t15-/m1/s1. The highest BCUT2D eigenvalue weighted by atomic mass is 16.5. The molecule has 0 saturated carbocycles. The third-order valence-corrected chi connectivity index (χ3v) is 4.07. The van der Waals surface area contributed by atoms with E-state index in [1.807, 2.05) is 30.3 Å². The van der Waals surface area contributed by atoms with E-state index in [0.29, 0.717) is 23.9 Å². The Hall–Kier alpha value is -2.14. The first-order chi connectivity index (χ1) is 11.1. The predicted molar refractivity (Wildman–Crippen MR) is 87.2 cm³/mol. The zero-order valence-electron chi connectivity index (χ0n) is 13.6. The lowest BCUT2D eigenvalue weighted by Crippen LogP contribution is -2.37. The molecule has 122 valence electrons. The van der Waals surface area contributed by atoms with Crippen LogP contribution < -0.4 is 0 Å². The molecule has 5 nitrogen and oxygen atoms in total. The fraction of sp³-hybridized carbons (Fsp3) is 0.444. The molecule has 0 bridgehead atoms. The zero-order valence-corrected chi connectivity index (χ0v) is 13.6. The highest BCUT2D eigenvalue weighted by Crippen LogP contribution is 2.26. The second-order valence-corrected chi connectivity index (χ2v) is 5.95. The lowest BCUT2D eigenvalue weighted by Gasteiger charge is -2.27. The highest BCUT2D eigenvalue weighted by Gasteiger charge is 2.25. The monoisotopic (exact) mass is 314 g/mol. The summed E-state index contributed by atoms with van der Waals surface area (Å²) >= 11 is 0. The molecule has 5 heteroatoms. The molecular formula is C18H22N2O3. The molecule has 0 aliphatic carbocycles. The number of aryl methyl sites for hydroxylation is 1. The van der Waals surface area contributed by atoms with E-state index in [0.717, 1.165) is 31.4 Å². The van der Waals surface area contributed by atoms with Crippen molar-refractivity contribution in [3.8, 4) is 11.3 Å². The maximum Gasteiger partial charge on any atom is 0.276 e. The molecule has 0 N–H and O–H groups in total. The highest BCUT2D eigenvalue weighted by molar-refractivity contribution is 5.97. The van der Waals surface area contributed by atoms with Crippen LogP contribution in [0.5, 0.6) is 0 Å². The van der Waals surface area contributed by atoms with Crippen molar-refractivity contribution >= 4 is 5.91 Å². The Labute approximate surface area is 136 Å². The number of ether oxygens (including phenoxy) is 1. The van der Waals surface area contributed by atoms with Crippen LogP contribution in [0.3, 0.4) is 0 Å². The molecular weight excluding hydrogens is 292 g/mol. The van der Waals surface area contributed by atoms with Crippen LogP contribution in [-0.4, -0.2) is 42.1 Å². The first-order valence-electron chi connectivity index (χ1n) is 8.05. The maximum atomic E-state index is 12.8. The van der Waals surface area contributed by atoms with Crippen LogP contribution in [0.2, 0.25) is 0 Å². The Balaban J connectivity index is 1.79. The first-order valence-corrected chi connectivity index (χ1v) is 8.05. The number of nitrogens with zero attached hydrogens (tertiary/aromatic N) is 2. The summed E-state index contributed by atoms with van der Waals surface area (Å²) in [6.45, 7) is 3.12. The third kappa shape index (κ3) is 3.62. The molecule has 1 aliphatic rings. The van der Waals surface area contributed by atoms with Crippen molar-refractivity contribution in [2.45, 2.75) is 32.3 Å². The molecule has 1 atom stereocenters. The van der Waals surface area contributed by atoms with Crippen LogP contribution in [0.25, 0.3) is 11.3 Å². The van der Waals surface area contributed by atoms with Crippen LogP contribution in [-0.2, 0) is 4.74 Å². The number of rotatable bonds is 4. The molecule has 3 rings (SSSR count). The van der Waals surface area contributed by atoms with E-state index in [1.165, 1.54) is 0 Å². The van der Waals surface area contributed by atoms with E-state index in [1.54, 1.807) is 18.9 Å². The number of hydrogen-bond acceptors (Lipinski definition) is 4. The van der Waals surface area contributed by atoms with Gasteiger partial charge in [0.1, 0.15) is 0 Å². The number of benzene rings is 1. The summed E-state index contributed by atoms with van der Waals surface area (Å²) in [6, 6.07) is 9.60. The fourth-order valence-electron chi connectivity index (χ4n) is 2.88. The number of amides is 1. The second kappa shape index (κ2) is 6.96. The Bertz CT molecular complexity index is 660. The van der Waals surface area contributed by atoms with Gasteiger partial charge in [-0.15, -0.1) is 0 Å². The van der Waals surface area contributed by atoms with Gasteiger partial charge in [0.05, 0.1) is 6.10 Å². The smallest absolute Gasteiger partial charge is 0.276 e. The van der Waals surface area contributed by atoms with E-state index < -0.39 is 0 Å². The molecule has 1 amide bonds. The van der Waals surface area contributed by atoms with E-state index in [4.69, 9.17) is 9.15 Å². The van der Waals surface area contributed by atoms with E-state index in [-0.39, 0.29) is 12.0 Å². The van der Waals surface area contributed by atoms with Gasteiger partial charge in [-0.3, -0.25) is 4.79 Å². The quantitative estimate of drug-likeness (QED) is 0.869. The molecule has 1 fully saturated rings. The molecule has 23 heavy (non-hydrogen) atoms. The van der Waals surface area contributed by atoms with Crippen molar-refractivity contribution < 1.29 is 13.9 Å². The summed E-state index contributed by atoms with van der Waals surface area (Å²) in [5.41, 5.74) is 1.23. The van der Waals surface area contributed by atoms with E-state index in [9.17, 15) is 4.79 Å². The Morgan fingerprint density at radius 1 is 1.30 bits per heavy atom. The van der Waals surface area contributed by atoms with Gasteiger partial charge in [-0.1, -0.05) is 30.3 Å². The minimum Gasteiger partial charge on any atom is -0.440 e. The SMILES string of the molecule is Cc1nc(C(=O)N(C)C[C@H]2CCCCO2)c(-c2ccccc2)o1. The minimum atomic E-state index is -0.130. The number of carbonyl (C=O) groups is 1. The van der Waals surface area contributed by atoms with Crippen LogP contribution in [0.4, 0.5) is 0 Å². The third-order valence-electron chi connectivity index (χ3n) is 4.07. The fourth-order valence-corrected chi connectivity index (χ4v) is 2.88. The summed E-state index contributed by atoms with van der Waals surface area (Å²) < 4.78 is 11.4. The number of hydrogen-bond donors (Lipinski definition) is 0. The summed E-state index contributed by atoms with van der Waals surface area (Å²) in [5, 5.41) is 0. The average molecular weight is 314 g/mol. The minimum absolute atomic E-state index is 0.117. The predicted octanol–water partition coefficient (Wildman–Crippen LogP) is 3.29. The summed E-state index contributed by atoms with van der Waals surface area (Å²) in [6.07, 6.45) is 3.38. The summed E-state index contributed by atoms with van der Waals surface area (Å²) in [4.78, 5) is 18.8.